The van der Waals surface area contributed by atoms with E-state index in [4.69, 9.17) is 0 Å². The first-order chi connectivity index (χ1) is 14.4. The molecule has 154 valence electrons. The fourth-order valence-corrected chi connectivity index (χ4v) is 3.87. The third-order valence-corrected chi connectivity index (χ3v) is 5.44. The molecule has 30 heavy (non-hydrogen) atoms. The molecule has 1 amide bonds. The monoisotopic (exact) mass is 402 g/mol. The van der Waals surface area contributed by atoms with Crippen molar-refractivity contribution in [1.29, 1.82) is 0 Å². The average Bonchev–Trinajstić information content (AvgIpc) is 3.31. The van der Waals surface area contributed by atoms with E-state index in [1.165, 1.54) is 0 Å². The quantitative estimate of drug-likeness (QED) is 0.537. The number of nitrogens with zero attached hydrogens (tertiary/aromatic N) is 5. The first-order valence-corrected chi connectivity index (χ1v) is 10.1. The molecule has 1 atom stereocenters. The summed E-state index contributed by atoms with van der Waals surface area (Å²) in [5.41, 5.74) is 5.81. The normalized spacial score (nSPS) is 12.3. The molecule has 3 heterocycles. The minimum Gasteiger partial charge on any atom is -0.342 e. The van der Waals surface area contributed by atoms with Gasteiger partial charge >= 0.3 is 0 Å². The van der Waals surface area contributed by atoms with E-state index in [9.17, 15) is 4.79 Å². The number of aromatic nitrogens is 5. The lowest BCUT2D eigenvalue weighted by Gasteiger charge is -2.19. The maximum absolute atomic E-state index is 12.9. The van der Waals surface area contributed by atoms with E-state index in [1.54, 1.807) is 6.20 Å². The number of carbonyl (C=O) groups is 1. The number of benzene rings is 1. The predicted octanol–water partition coefficient (Wildman–Crippen LogP) is 3.23. The molecule has 0 spiro atoms. The van der Waals surface area contributed by atoms with Crippen molar-refractivity contribution in [1.82, 2.24) is 29.5 Å². The highest BCUT2D eigenvalue weighted by atomic mass is 16.1. The number of carbonyl (C=O) groups excluding carboxylic acids is 1. The molecule has 0 saturated heterocycles. The highest BCUT2D eigenvalue weighted by Gasteiger charge is 2.21. The van der Waals surface area contributed by atoms with Crippen molar-refractivity contribution < 1.29 is 4.79 Å². The minimum atomic E-state index is -0.296. The van der Waals surface area contributed by atoms with E-state index in [-0.39, 0.29) is 11.9 Å². The second kappa shape index (κ2) is 8.10. The molecule has 0 aliphatic carbocycles. The predicted molar refractivity (Wildman–Crippen MR) is 115 cm³/mol. The van der Waals surface area contributed by atoms with Gasteiger partial charge in [-0.25, -0.2) is 14.5 Å². The Kier molecular flexibility index (Phi) is 5.35. The number of rotatable bonds is 6. The Bertz CT molecular complexity index is 1190. The zero-order valence-electron chi connectivity index (χ0n) is 17.8. The molecule has 0 aliphatic rings. The third kappa shape index (κ3) is 3.83. The molecule has 4 rings (SSSR count). The standard InChI is InChI=1S/C23H26N6O/c1-15-14-20-25-16(2)19(17(3)29(20)27-15)10-11-21(30)26-22(18-8-6-5-7-9-18)23-24-12-13-28(23)4/h5-9,12-14,22H,10-11H2,1-4H3,(H,26,30). The summed E-state index contributed by atoms with van der Waals surface area (Å²) in [5, 5.41) is 7.68. The number of aryl methyl sites for hydroxylation is 4. The molecule has 1 aromatic carbocycles. The van der Waals surface area contributed by atoms with Crippen LogP contribution in [0.3, 0.4) is 0 Å². The van der Waals surface area contributed by atoms with Crippen LogP contribution < -0.4 is 5.32 Å². The van der Waals surface area contributed by atoms with Crippen LogP contribution in [-0.4, -0.2) is 30.1 Å². The molecule has 4 aromatic rings. The van der Waals surface area contributed by atoms with Crippen molar-refractivity contribution in [3.63, 3.8) is 0 Å². The van der Waals surface area contributed by atoms with Crippen LogP contribution >= 0.6 is 0 Å². The van der Waals surface area contributed by atoms with Crippen molar-refractivity contribution in [3.8, 4) is 0 Å². The highest BCUT2D eigenvalue weighted by molar-refractivity contribution is 5.77. The van der Waals surface area contributed by atoms with Gasteiger partial charge in [-0.3, -0.25) is 4.79 Å². The lowest BCUT2D eigenvalue weighted by Crippen LogP contribution is -2.31. The maximum atomic E-state index is 12.9. The van der Waals surface area contributed by atoms with Gasteiger partial charge in [-0.2, -0.15) is 5.10 Å². The first kappa shape index (κ1) is 19.8. The summed E-state index contributed by atoms with van der Waals surface area (Å²) >= 11 is 0. The number of hydrogen-bond acceptors (Lipinski definition) is 4. The largest absolute Gasteiger partial charge is 0.342 e. The van der Waals surface area contributed by atoms with Gasteiger partial charge in [0.15, 0.2) is 5.65 Å². The number of hydrogen-bond donors (Lipinski definition) is 1. The van der Waals surface area contributed by atoms with Gasteiger partial charge in [0.05, 0.1) is 5.69 Å². The molecular formula is C23H26N6O. The lowest BCUT2D eigenvalue weighted by molar-refractivity contribution is -0.121. The molecule has 0 bridgehead atoms. The Morgan fingerprint density at radius 3 is 2.63 bits per heavy atom. The summed E-state index contributed by atoms with van der Waals surface area (Å²) in [6, 6.07) is 11.6. The van der Waals surface area contributed by atoms with Gasteiger partial charge in [0.25, 0.3) is 0 Å². The van der Waals surface area contributed by atoms with E-state index >= 15 is 0 Å². The summed E-state index contributed by atoms with van der Waals surface area (Å²) in [6.45, 7) is 5.98. The number of fused-ring (bicyclic) bond motifs is 1. The molecule has 7 nitrogen and oxygen atoms in total. The first-order valence-electron chi connectivity index (χ1n) is 10.1. The zero-order valence-corrected chi connectivity index (χ0v) is 17.8. The Labute approximate surface area is 175 Å². The van der Waals surface area contributed by atoms with Gasteiger partial charge in [-0.15, -0.1) is 0 Å². The van der Waals surface area contributed by atoms with Crippen molar-refractivity contribution in [3.05, 3.63) is 82.8 Å². The molecule has 0 aliphatic heterocycles. The Morgan fingerprint density at radius 2 is 1.93 bits per heavy atom. The number of imidazole rings is 1. The van der Waals surface area contributed by atoms with E-state index in [1.807, 2.05) is 79.5 Å². The van der Waals surface area contributed by atoms with Crippen LogP contribution in [0.4, 0.5) is 0 Å². The van der Waals surface area contributed by atoms with Gasteiger partial charge in [0.2, 0.25) is 5.91 Å². The molecule has 0 saturated carbocycles. The molecule has 7 heteroatoms. The number of amides is 1. The van der Waals surface area contributed by atoms with Crippen molar-refractivity contribution in [2.45, 2.75) is 39.7 Å². The van der Waals surface area contributed by atoms with Crippen LogP contribution in [0.2, 0.25) is 0 Å². The maximum Gasteiger partial charge on any atom is 0.221 e. The van der Waals surface area contributed by atoms with Crippen molar-refractivity contribution >= 4 is 11.6 Å². The summed E-state index contributed by atoms with van der Waals surface area (Å²) < 4.78 is 3.79. The molecule has 0 radical (unpaired) electrons. The number of nitrogens with one attached hydrogen (secondary N) is 1. The fourth-order valence-electron chi connectivity index (χ4n) is 3.87. The second-order valence-corrected chi connectivity index (χ2v) is 7.62. The molecule has 3 aromatic heterocycles. The van der Waals surface area contributed by atoms with Gasteiger partial charge in [-0.05, 0) is 38.3 Å². The van der Waals surface area contributed by atoms with Gasteiger partial charge in [0.1, 0.15) is 11.9 Å². The van der Waals surface area contributed by atoms with Crippen LogP contribution in [0.25, 0.3) is 5.65 Å². The summed E-state index contributed by atoms with van der Waals surface area (Å²) in [4.78, 5) is 22.0. The Hall–Kier alpha value is -3.48. The van der Waals surface area contributed by atoms with Crippen LogP contribution in [0.1, 0.15) is 46.5 Å². The lowest BCUT2D eigenvalue weighted by atomic mass is 10.0. The Balaban J connectivity index is 1.54. The summed E-state index contributed by atoms with van der Waals surface area (Å²) in [6.07, 6.45) is 4.60. The van der Waals surface area contributed by atoms with E-state index in [0.717, 1.165) is 39.7 Å². The van der Waals surface area contributed by atoms with Crippen LogP contribution in [-0.2, 0) is 18.3 Å². The third-order valence-electron chi connectivity index (χ3n) is 5.44. The average molecular weight is 403 g/mol. The second-order valence-electron chi connectivity index (χ2n) is 7.62. The Morgan fingerprint density at radius 1 is 1.17 bits per heavy atom. The minimum absolute atomic E-state index is 0.0256. The van der Waals surface area contributed by atoms with Gasteiger partial charge in [-0.1, -0.05) is 30.3 Å². The van der Waals surface area contributed by atoms with Gasteiger partial charge in [0, 0.05) is 43.3 Å². The fraction of sp³-hybridized carbons (Fsp3) is 0.304. The van der Waals surface area contributed by atoms with Gasteiger partial charge < -0.3 is 9.88 Å². The molecule has 1 unspecified atom stereocenters. The summed E-state index contributed by atoms with van der Waals surface area (Å²) in [7, 11) is 1.93. The summed E-state index contributed by atoms with van der Waals surface area (Å²) in [5.74, 6) is 0.777. The van der Waals surface area contributed by atoms with E-state index in [2.05, 4.69) is 20.4 Å². The topological polar surface area (TPSA) is 77.1 Å². The van der Waals surface area contributed by atoms with E-state index < -0.39 is 0 Å². The van der Waals surface area contributed by atoms with Crippen molar-refractivity contribution in [2.75, 3.05) is 0 Å². The van der Waals surface area contributed by atoms with Crippen LogP contribution in [0, 0.1) is 20.8 Å². The van der Waals surface area contributed by atoms with E-state index in [0.29, 0.717) is 12.8 Å². The van der Waals surface area contributed by atoms with Crippen LogP contribution in [0.15, 0.2) is 48.8 Å². The molecule has 1 N–H and O–H groups in total. The van der Waals surface area contributed by atoms with Crippen LogP contribution in [0.5, 0.6) is 0 Å². The van der Waals surface area contributed by atoms with Crippen molar-refractivity contribution in [2.24, 2.45) is 7.05 Å². The molecule has 0 fully saturated rings. The molecular weight excluding hydrogens is 376 g/mol. The highest BCUT2D eigenvalue weighted by Crippen LogP contribution is 2.21. The SMILES string of the molecule is Cc1cc2nc(C)c(CCC(=O)NC(c3ccccc3)c3nccn3C)c(C)n2n1. The zero-order chi connectivity index (χ0) is 21.3. The smallest absolute Gasteiger partial charge is 0.221 e.